The van der Waals surface area contributed by atoms with Gasteiger partial charge in [0.2, 0.25) is 0 Å². The highest BCUT2D eigenvalue weighted by atomic mass is 16.5. The third kappa shape index (κ3) is 4.99. The second-order valence-corrected chi connectivity index (χ2v) is 8.77. The van der Waals surface area contributed by atoms with Crippen molar-refractivity contribution in [3.8, 4) is 11.1 Å². The van der Waals surface area contributed by atoms with Crippen LogP contribution in [0.3, 0.4) is 0 Å². The highest BCUT2D eigenvalue weighted by molar-refractivity contribution is 5.95. The molecular formula is C25H32N4O3. The number of carboxylic acid groups (broad SMARTS) is 1. The Hall–Kier alpha value is -2.80. The second kappa shape index (κ2) is 10.2. The number of hydrogen-bond donors (Lipinski definition) is 1. The quantitative estimate of drug-likeness (QED) is 0.511. The van der Waals surface area contributed by atoms with Crippen LogP contribution in [0.5, 0.6) is 0 Å². The average Bonchev–Trinajstić information content (AvgIpc) is 3.20. The first-order valence-corrected chi connectivity index (χ1v) is 11.7. The van der Waals surface area contributed by atoms with E-state index in [0.29, 0.717) is 25.5 Å². The molecule has 0 atom stereocenters. The molecular weight excluding hydrogens is 404 g/mol. The van der Waals surface area contributed by atoms with Gasteiger partial charge in [0.1, 0.15) is 0 Å². The number of aryl methyl sites for hydroxylation is 2. The zero-order chi connectivity index (χ0) is 22.5. The van der Waals surface area contributed by atoms with Crippen LogP contribution < -0.4 is 0 Å². The third-order valence-corrected chi connectivity index (χ3v) is 6.34. The van der Waals surface area contributed by atoms with Crippen LogP contribution in [-0.4, -0.2) is 37.4 Å². The Bertz CT molecular complexity index is 1090. The standard InChI is InChI=1S/C25H32N4O3/c1-3-29-25-21(14-27-29)24(19-11-17(2)12-26-13-19)20(9-10-23(30)31)22(28-25)16-32-15-18-7-5-4-6-8-18/h11-14,18H,3-10,15-16H2,1-2H3,(H,30,31). The lowest BCUT2D eigenvalue weighted by Gasteiger charge is -2.22. The number of hydrogen-bond acceptors (Lipinski definition) is 5. The fraction of sp³-hybridized carbons (Fsp3) is 0.520. The van der Waals surface area contributed by atoms with E-state index in [9.17, 15) is 9.90 Å². The number of carboxylic acids is 1. The molecule has 32 heavy (non-hydrogen) atoms. The van der Waals surface area contributed by atoms with Crippen LogP contribution in [0, 0.1) is 12.8 Å². The molecule has 0 unspecified atom stereocenters. The Labute approximate surface area is 188 Å². The van der Waals surface area contributed by atoms with E-state index in [4.69, 9.17) is 9.72 Å². The first-order valence-electron chi connectivity index (χ1n) is 11.7. The maximum atomic E-state index is 11.4. The van der Waals surface area contributed by atoms with Crippen molar-refractivity contribution in [1.82, 2.24) is 19.7 Å². The van der Waals surface area contributed by atoms with Gasteiger partial charge in [0, 0.05) is 48.5 Å². The number of nitrogens with zero attached hydrogens (tertiary/aromatic N) is 4. The summed E-state index contributed by atoms with van der Waals surface area (Å²) in [6, 6.07) is 2.09. The summed E-state index contributed by atoms with van der Waals surface area (Å²) < 4.78 is 8.05. The summed E-state index contributed by atoms with van der Waals surface area (Å²) in [7, 11) is 0. The number of rotatable bonds is 9. The zero-order valence-corrected chi connectivity index (χ0v) is 19.0. The monoisotopic (exact) mass is 436 g/mol. The van der Waals surface area contributed by atoms with Crippen molar-refractivity contribution < 1.29 is 14.6 Å². The van der Waals surface area contributed by atoms with Gasteiger partial charge in [-0.3, -0.25) is 9.78 Å². The van der Waals surface area contributed by atoms with E-state index in [1.54, 1.807) is 0 Å². The number of ether oxygens (including phenoxy) is 1. The van der Waals surface area contributed by atoms with Gasteiger partial charge in [0.05, 0.1) is 18.5 Å². The molecule has 1 fully saturated rings. The maximum Gasteiger partial charge on any atom is 0.303 e. The van der Waals surface area contributed by atoms with Crippen molar-refractivity contribution in [2.45, 2.75) is 71.9 Å². The number of carbonyl (C=O) groups is 1. The molecule has 0 saturated heterocycles. The van der Waals surface area contributed by atoms with E-state index in [1.807, 2.05) is 37.1 Å². The van der Waals surface area contributed by atoms with E-state index in [1.165, 1.54) is 32.1 Å². The van der Waals surface area contributed by atoms with Crippen LogP contribution in [0.4, 0.5) is 0 Å². The van der Waals surface area contributed by atoms with Crippen molar-refractivity contribution >= 4 is 17.0 Å². The normalized spacial score (nSPS) is 14.8. The van der Waals surface area contributed by atoms with Crippen LogP contribution in [0.15, 0.2) is 24.7 Å². The van der Waals surface area contributed by atoms with Gasteiger partial charge in [0.25, 0.3) is 0 Å². The molecule has 0 aromatic carbocycles. The molecule has 7 heteroatoms. The zero-order valence-electron chi connectivity index (χ0n) is 19.0. The minimum absolute atomic E-state index is 0.0387. The molecule has 3 aromatic heterocycles. The molecule has 4 rings (SSSR count). The molecule has 0 bridgehead atoms. The number of aliphatic carboxylic acids is 1. The summed E-state index contributed by atoms with van der Waals surface area (Å²) in [6.07, 6.45) is 12.2. The summed E-state index contributed by atoms with van der Waals surface area (Å²) in [6.45, 7) is 5.86. The first-order chi connectivity index (χ1) is 15.6. The van der Waals surface area contributed by atoms with Crippen molar-refractivity contribution in [2.75, 3.05) is 6.61 Å². The molecule has 0 spiro atoms. The number of pyridine rings is 2. The van der Waals surface area contributed by atoms with Gasteiger partial charge in [-0.05, 0) is 56.2 Å². The van der Waals surface area contributed by atoms with Crippen molar-refractivity contribution in [1.29, 1.82) is 0 Å². The van der Waals surface area contributed by atoms with Crippen molar-refractivity contribution in [3.05, 3.63) is 41.5 Å². The Morgan fingerprint density at radius 2 is 2.03 bits per heavy atom. The maximum absolute atomic E-state index is 11.4. The molecule has 3 aromatic rings. The third-order valence-electron chi connectivity index (χ3n) is 6.34. The lowest BCUT2D eigenvalue weighted by Crippen LogP contribution is -2.15. The van der Waals surface area contributed by atoms with Crippen LogP contribution in [-0.2, 0) is 29.1 Å². The Balaban J connectivity index is 1.77. The molecule has 3 heterocycles. The van der Waals surface area contributed by atoms with Gasteiger partial charge >= 0.3 is 5.97 Å². The highest BCUT2D eigenvalue weighted by Crippen LogP contribution is 2.35. The Morgan fingerprint density at radius 1 is 1.22 bits per heavy atom. The SMILES string of the molecule is CCn1ncc2c(-c3cncc(C)c3)c(CCC(=O)O)c(COCC3CCCCC3)nc21. The summed E-state index contributed by atoms with van der Waals surface area (Å²) in [5, 5.41) is 14.8. The van der Waals surface area contributed by atoms with Gasteiger partial charge < -0.3 is 9.84 Å². The summed E-state index contributed by atoms with van der Waals surface area (Å²) >= 11 is 0. The van der Waals surface area contributed by atoms with Gasteiger partial charge in [-0.2, -0.15) is 5.10 Å². The molecule has 0 amide bonds. The lowest BCUT2D eigenvalue weighted by molar-refractivity contribution is -0.136. The average molecular weight is 437 g/mol. The topological polar surface area (TPSA) is 90.1 Å². The summed E-state index contributed by atoms with van der Waals surface area (Å²) in [4.78, 5) is 20.8. The minimum Gasteiger partial charge on any atom is -0.481 e. The molecule has 1 saturated carbocycles. The molecule has 0 radical (unpaired) electrons. The number of aromatic nitrogens is 4. The van der Waals surface area contributed by atoms with Gasteiger partial charge in [0.15, 0.2) is 5.65 Å². The summed E-state index contributed by atoms with van der Waals surface area (Å²) in [5.41, 5.74) is 5.52. The largest absolute Gasteiger partial charge is 0.481 e. The van der Waals surface area contributed by atoms with E-state index in [2.05, 4.69) is 16.1 Å². The van der Waals surface area contributed by atoms with E-state index in [0.717, 1.165) is 45.6 Å². The lowest BCUT2D eigenvalue weighted by atomic mass is 9.90. The van der Waals surface area contributed by atoms with Gasteiger partial charge in [-0.25, -0.2) is 9.67 Å². The van der Waals surface area contributed by atoms with Crippen LogP contribution in [0.1, 0.15) is 62.3 Å². The van der Waals surface area contributed by atoms with E-state index in [-0.39, 0.29) is 6.42 Å². The van der Waals surface area contributed by atoms with Crippen LogP contribution in [0.25, 0.3) is 22.2 Å². The first kappa shape index (κ1) is 22.4. The predicted molar refractivity (Wildman–Crippen MR) is 123 cm³/mol. The summed E-state index contributed by atoms with van der Waals surface area (Å²) in [5.74, 6) is -0.215. The molecule has 0 aliphatic heterocycles. The fourth-order valence-corrected chi connectivity index (χ4v) is 4.72. The predicted octanol–water partition coefficient (Wildman–Crippen LogP) is 4.94. The molecule has 7 nitrogen and oxygen atoms in total. The molecule has 1 N–H and O–H groups in total. The smallest absolute Gasteiger partial charge is 0.303 e. The Kier molecular flexibility index (Phi) is 7.15. The van der Waals surface area contributed by atoms with E-state index >= 15 is 0 Å². The van der Waals surface area contributed by atoms with E-state index < -0.39 is 5.97 Å². The highest BCUT2D eigenvalue weighted by Gasteiger charge is 2.21. The molecule has 170 valence electrons. The molecule has 1 aliphatic carbocycles. The van der Waals surface area contributed by atoms with Crippen LogP contribution in [0.2, 0.25) is 0 Å². The van der Waals surface area contributed by atoms with Gasteiger partial charge in [-0.1, -0.05) is 19.3 Å². The van der Waals surface area contributed by atoms with Crippen LogP contribution >= 0.6 is 0 Å². The van der Waals surface area contributed by atoms with Gasteiger partial charge in [-0.15, -0.1) is 0 Å². The van der Waals surface area contributed by atoms with Crippen molar-refractivity contribution in [3.63, 3.8) is 0 Å². The van der Waals surface area contributed by atoms with Crippen molar-refractivity contribution in [2.24, 2.45) is 5.92 Å². The second-order valence-electron chi connectivity index (χ2n) is 8.77. The Morgan fingerprint density at radius 3 is 2.75 bits per heavy atom. The number of fused-ring (bicyclic) bond motifs is 1. The minimum atomic E-state index is -0.822. The molecule has 1 aliphatic rings. The fourth-order valence-electron chi connectivity index (χ4n) is 4.72.